The average Bonchev–Trinajstić information content (AvgIpc) is 2.45. The molecule has 112 valence electrons. The lowest BCUT2D eigenvalue weighted by Gasteiger charge is -2.25. The molecular formula is C13H14N2O6. The van der Waals surface area contributed by atoms with Crippen LogP contribution in [0.4, 0.5) is 4.79 Å². The Balaban J connectivity index is 1.93. The molecule has 1 aromatic carbocycles. The minimum absolute atomic E-state index is 0.0278. The molecule has 0 saturated heterocycles. The van der Waals surface area contributed by atoms with E-state index in [1.807, 2.05) is 5.32 Å². The Hall–Kier alpha value is -2.77. The van der Waals surface area contributed by atoms with E-state index in [0.717, 1.165) is 0 Å². The number of nitrogens with two attached hydrogens (primary N) is 1. The molecule has 1 aliphatic rings. The molecule has 2 rings (SSSR count). The fourth-order valence-corrected chi connectivity index (χ4v) is 1.66. The molecule has 0 aromatic heterocycles. The second-order valence-corrected chi connectivity index (χ2v) is 4.30. The number of benzene rings is 1. The summed E-state index contributed by atoms with van der Waals surface area (Å²) in [6, 6.07) is 5.85. The molecule has 8 heteroatoms. The molecule has 1 aliphatic heterocycles. The first-order valence-electron chi connectivity index (χ1n) is 6.16. The lowest BCUT2D eigenvalue weighted by molar-refractivity contribution is -0.163. The highest BCUT2D eigenvalue weighted by Crippen LogP contribution is 2.31. The molecule has 2 atom stereocenters. The number of ether oxygens (including phenoxy) is 3. The maximum absolute atomic E-state index is 11.9. The highest BCUT2D eigenvalue weighted by atomic mass is 16.6. The van der Waals surface area contributed by atoms with Gasteiger partial charge in [-0.3, -0.25) is 10.1 Å². The van der Waals surface area contributed by atoms with E-state index in [9.17, 15) is 14.4 Å². The number of fused-ring (bicyclic) bond motifs is 1. The lowest BCUT2D eigenvalue weighted by atomic mass is 10.2. The Morgan fingerprint density at radius 1 is 1.33 bits per heavy atom. The van der Waals surface area contributed by atoms with Crippen LogP contribution in [0.2, 0.25) is 0 Å². The van der Waals surface area contributed by atoms with Crippen LogP contribution in [0.3, 0.4) is 0 Å². The van der Waals surface area contributed by atoms with Crippen LogP contribution in [0.5, 0.6) is 11.5 Å². The summed E-state index contributed by atoms with van der Waals surface area (Å²) >= 11 is 0. The predicted molar refractivity (Wildman–Crippen MR) is 69.6 cm³/mol. The first kappa shape index (κ1) is 14.6. The van der Waals surface area contributed by atoms with Crippen molar-refractivity contribution in [2.24, 2.45) is 5.73 Å². The largest absolute Gasteiger partial charge is 0.485 e. The molecular weight excluding hydrogens is 280 g/mol. The van der Waals surface area contributed by atoms with Crippen LogP contribution in [0.15, 0.2) is 24.3 Å². The third kappa shape index (κ3) is 3.62. The Bertz CT molecular complexity index is 574. The number of rotatable bonds is 3. The number of hydrogen-bond donors (Lipinski definition) is 2. The van der Waals surface area contributed by atoms with Gasteiger partial charge in [0.15, 0.2) is 17.6 Å². The van der Waals surface area contributed by atoms with Crippen LogP contribution in [0.25, 0.3) is 0 Å². The molecule has 21 heavy (non-hydrogen) atoms. The Morgan fingerprint density at radius 3 is 2.67 bits per heavy atom. The summed E-state index contributed by atoms with van der Waals surface area (Å²) in [7, 11) is 0. The monoisotopic (exact) mass is 294 g/mol. The van der Waals surface area contributed by atoms with Crippen molar-refractivity contribution >= 4 is 17.9 Å². The van der Waals surface area contributed by atoms with Crippen molar-refractivity contribution in [1.82, 2.24) is 5.32 Å². The van der Waals surface area contributed by atoms with Crippen molar-refractivity contribution in [2.45, 2.75) is 19.1 Å². The summed E-state index contributed by atoms with van der Waals surface area (Å²) in [4.78, 5) is 33.8. The van der Waals surface area contributed by atoms with Gasteiger partial charge in [0.25, 0.3) is 5.91 Å². The SMILES string of the molecule is C[C@H](OC(=O)[C@@H]1COc2ccccc2O1)C(=O)NC(N)=O. The number of esters is 1. The summed E-state index contributed by atoms with van der Waals surface area (Å²) < 4.78 is 15.7. The van der Waals surface area contributed by atoms with Crippen molar-refractivity contribution in [3.63, 3.8) is 0 Å². The normalized spacial score (nSPS) is 17.5. The number of nitrogens with one attached hydrogen (secondary N) is 1. The molecule has 1 heterocycles. The number of amides is 3. The number of urea groups is 1. The summed E-state index contributed by atoms with van der Waals surface area (Å²) in [5.74, 6) is -0.634. The van der Waals surface area contributed by atoms with Gasteiger partial charge in [0.2, 0.25) is 6.10 Å². The van der Waals surface area contributed by atoms with E-state index in [4.69, 9.17) is 19.9 Å². The summed E-state index contributed by atoms with van der Waals surface area (Å²) in [5.41, 5.74) is 4.80. The minimum atomic E-state index is -1.18. The van der Waals surface area contributed by atoms with Crippen molar-refractivity contribution in [3.8, 4) is 11.5 Å². The molecule has 3 amide bonds. The van der Waals surface area contributed by atoms with Crippen molar-refractivity contribution < 1.29 is 28.6 Å². The molecule has 0 radical (unpaired) electrons. The number of carbonyl (C=O) groups excluding carboxylic acids is 3. The zero-order valence-corrected chi connectivity index (χ0v) is 11.2. The van der Waals surface area contributed by atoms with Gasteiger partial charge < -0.3 is 19.9 Å². The topological polar surface area (TPSA) is 117 Å². The fraction of sp³-hybridized carbons (Fsp3) is 0.308. The van der Waals surface area contributed by atoms with Crippen molar-refractivity contribution in [3.05, 3.63) is 24.3 Å². The molecule has 0 aliphatic carbocycles. The third-order valence-electron chi connectivity index (χ3n) is 2.68. The van der Waals surface area contributed by atoms with Gasteiger partial charge in [-0.15, -0.1) is 0 Å². The molecule has 0 unspecified atom stereocenters. The average molecular weight is 294 g/mol. The molecule has 3 N–H and O–H groups in total. The van der Waals surface area contributed by atoms with E-state index in [1.54, 1.807) is 24.3 Å². The quantitative estimate of drug-likeness (QED) is 0.755. The van der Waals surface area contributed by atoms with Gasteiger partial charge in [-0.1, -0.05) is 12.1 Å². The molecule has 0 bridgehead atoms. The van der Waals surface area contributed by atoms with E-state index in [2.05, 4.69) is 0 Å². The highest BCUT2D eigenvalue weighted by molar-refractivity contribution is 5.96. The summed E-state index contributed by atoms with van der Waals surface area (Å²) in [6.07, 6.45) is -2.16. The number of primary amides is 1. The predicted octanol–water partition coefficient (Wildman–Crippen LogP) is -0.0470. The smallest absolute Gasteiger partial charge is 0.351 e. The minimum Gasteiger partial charge on any atom is -0.485 e. The van der Waals surface area contributed by atoms with Gasteiger partial charge in [-0.05, 0) is 19.1 Å². The molecule has 8 nitrogen and oxygen atoms in total. The van der Waals surface area contributed by atoms with E-state index < -0.39 is 30.1 Å². The maximum Gasteiger partial charge on any atom is 0.351 e. The van der Waals surface area contributed by atoms with Gasteiger partial charge in [0, 0.05) is 0 Å². The van der Waals surface area contributed by atoms with Gasteiger partial charge in [-0.2, -0.15) is 0 Å². The summed E-state index contributed by atoms with van der Waals surface area (Å²) in [6.45, 7) is 1.29. The van der Waals surface area contributed by atoms with Crippen molar-refractivity contribution in [2.75, 3.05) is 6.61 Å². The molecule has 0 spiro atoms. The van der Waals surface area contributed by atoms with Crippen LogP contribution in [0, 0.1) is 0 Å². The van der Waals surface area contributed by atoms with Gasteiger partial charge in [0.05, 0.1) is 0 Å². The first-order chi connectivity index (χ1) is 9.97. The zero-order chi connectivity index (χ0) is 15.4. The van der Waals surface area contributed by atoms with Gasteiger partial charge in [-0.25, -0.2) is 9.59 Å². The number of imide groups is 1. The van der Waals surface area contributed by atoms with E-state index in [1.165, 1.54) is 6.92 Å². The van der Waals surface area contributed by atoms with E-state index in [0.29, 0.717) is 11.5 Å². The fourth-order valence-electron chi connectivity index (χ4n) is 1.66. The van der Waals surface area contributed by atoms with Crippen LogP contribution in [-0.2, 0) is 14.3 Å². The van der Waals surface area contributed by atoms with E-state index in [-0.39, 0.29) is 6.61 Å². The molecule has 0 fully saturated rings. The Morgan fingerprint density at radius 2 is 2.00 bits per heavy atom. The number of carbonyl (C=O) groups is 3. The molecule has 0 saturated carbocycles. The maximum atomic E-state index is 11.9. The lowest BCUT2D eigenvalue weighted by Crippen LogP contribution is -2.45. The number of hydrogen-bond acceptors (Lipinski definition) is 6. The van der Waals surface area contributed by atoms with Gasteiger partial charge >= 0.3 is 12.0 Å². The summed E-state index contributed by atoms with van der Waals surface area (Å²) in [5, 5.41) is 1.82. The third-order valence-corrected chi connectivity index (χ3v) is 2.68. The number of para-hydroxylation sites is 2. The van der Waals surface area contributed by atoms with Crippen LogP contribution in [0.1, 0.15) is 6.92 Å². The van der Waals surface area contributed by atoms with Crippen molar-refractivity contribution in [1.29, 1.82) is 0 Å². The molecule has 1 aromatic rings. The second-order valence-electron chi connectivity index (χ2n) is 4.30. The second kappa shape index (κ2) is 6.12. The first-order valence-corrected chi connectivity index (χ1v) is 6.16. The van der Waals surface area contributed by atoms with Crippen LogP contribution in [-0.4, -0.2) is 36.7 Å². The zero-order valence-electron chi connectivity index (χ0n) is 11.2. The Kier molecular flexibility index (Phi) is 4.27. The highest BCUT2D eigenvalue weighted by Gasteiger charge is 2.31. The van der Waals surface area contributed by atoms with Gasteiger partial charge in [0.1, 0.15) is 6.61 Å². The van der Waals surface area contributed by atoms with Crippen LogP contribution < -0.4 is 20.5 Å². The Labute approximate surface area is 120 Å². The van der Waals surface area contributed by atoms with Crippen LogP contribution >= 0.6 is 0 Å². The van der Waals surface area contributed by atoms with E-state index >= 15 is 0 Å². The standard InChI is InChI=1S/C13H14N2O6/c1-7(11(16)15-13(14)18)20-12(17)10-6-19-8-4-2-3-5-9(8)21-10/h2-5,7,10H,6H2,1H3,(H3,14,15,16,18)/t7-,10-/m0/s1.